The molecule has 0 atom stereocenters. The lowest BCUT2D eigenvalue weighted by atomic mass is 10.0. The Kier molecular flexibility index (Phi) is 5.84. The van der Waals surface area contributed by atoms with Crippen molar-refractivity contribution in [2.24, 2.45) is 0 Å². The van der Waals surface area contributed by atoms with Gasteiger partial charge in [-0.1, -0.05) is 91.0 Å². The highest BCUT2D eigenvalue weighted by Crippen LogP contribution is 2.25. The van der Waals surface area contributed by atoms with E-state index in [9.17, 15) is 4.79 Å². The van der Waals surface area contributed by atoms with E-state index in [1.54, 1.807) is 0 Å². The first-order chi connectivity index (χ1) is 16.6. The zero-order valence-corrected chi connectivity index (χ0v) is 19.2. The van der Waals surface area contributed by atoms with Crippen LogP contribution >= 0.6 is 0 Å². The highest BCUT2D eigenvalue weighted by Gasteiger charge is 2.07. The van der Waals surface area contributed by atoms with Gasteiger partial charge >= 0.3 is 0 Å². The SMILES string of the molecule is Cc1cc2nc3ccc4ccccc4c3nc2cc1C.O=C(c1ccccc1)c1ccccc1. The van der Waals surface area contributed by atoms with E-state index in [-0.39, 0.29) is 5.78 Å². The van der Waals surface area contributed by atoms with Crippen molar-refractivity contribution in [2.45, 2.75) is 13.8 Å². The van der Waals surface area contributed by atoms with Crippen molar-refractivity contribution in [1.29, 1.82) is 0 Å². The Hall–Kier alpha value is -4.37. The number of rotatable bonds is 2. The number of hydrogen-bond acceptors (Lipinski definition) is 3. The van der Waals surface area contributed by atoms with E-state index in [1.165, 1.54) is 16.5 Å². The van der Waals surface area contributed by atoms with E-state index in [1.807, 2.05) is 66.7 Å². The number of benzene rings is 5. The van der Waals surface area contributed by atoms with Crippen LogP contribution in [-0.4, -0.2) is 15.8 Å². The molecular formula is C31H24N2O. The van der Waals surface area contributed by atoms with E-state index >= 15 is 0 Å². The van der Waals surface area contributed by atoms with Crippen LogP contribution < -0.4 is 0 Å². The Labute approximate surface area is 198 Å². The number of hydrogen-bond donors (Lipinski definition) is 0. The minimum absolute atomic E-state index is 0.0752. The quantitative estimate of drug-likeness (QED) is 0.159. The van der Waals surface area contributed by atoms with Gasteiger partial charge in [0.1, 0.15) is 0 Å². The second-order valence-corrected chi connectivity index (χ2v) is 8.36. The summed E-state index contributed by atoms with van der Waals surface area (Å²) in [7, 11) is 0. The van der Waals surface area contributed by atoms with Crippen LogP contribution in [0.4, 0.5) is 0 Å². The molecule has 1 aromatic heterocycles. The number of fused-ring (bicyclic) bond motifs is 4. The van der Waals surface area contributed by atoms with E-state index in [4.69, 9.17) is 9.97 Å². The average Bonchev–Trinajstić information content (AvgIpc) is 2.89. The Bertz CT molecular complexity index is 1580. The molecule has 0 aliphatic rings. The molecule has 3 heteroatoms. The Morgan fingerprint density at radius 2 is 1.09 bits per heavy atom. The third-order valence-electron chi connectivity index (χ3n) is 6.02. The molecule has 0 unspecified atom stereocenters. The minimum Gasteiger partial charge on any atom is -0.289 e. The third-order valence-corrected chi connectivity index (χ3v) is 6.02. The lowest BCUT2D eigenvalue weighted by molar-refractivity contribution is 0.103. The molecule has 0 saturated heterocycles. The van der Waals surface area contributed by atoms with Crippen LogP contribution in [0.1, 0.15) is 27.0 Å². The van der Waals surface area contributed by atoms with Crippen LogP contribution in [0.3, 0.4) is 0 Å². The Morgan fingerprint density at radius 3 is 1.71 bits per heavy atom. The minimum atomic E-state index is 0.0752. The van der Waals surface area contributed by atoms with Crippen LogP contribution in [0.25, 0.3) is 32.8 Å². The number of carbonyl (C=O) groups excluding carboxylic acids is 1. The molecule has 0 N–H and O–H groups in total. The maximum absolute atomic E-state index is 11.8. The lowest BCUT2D eigenvalue weighted by Crippen LogP contribution is -1.99. The summed E-state index contributed by atoms with van der Waals surface area (Å²) in [6, 6.07) is 35.3. The van der Waals surface area contributed by atoms with Crippen LogP contribution in [-0.2, 0) is 0 Å². The number of nitrogens with zero attached hydrogens (tertiary/aromatic N) is 2. The summed E-state index contributed by atoms with van der Waals surface area (Å²) in [6.45, 7) is 4.23. The molecule has 3 nitrogen and oxygen atoms in total. The molecule has 0 spiro atoms. The number of carbonyl (C=O) groups is 1. The number of aryl methyl sites for hydroxylation is 2. The van der Waals surface area contributed by atoms with Crippen LogP contribution in [0.5, 0.6) is 0 Å². The predicted octanol–water partition coefficient (Wildman–Crippen LogP) is 7.47. The fourth-order valence-electron chi connectivity index (χ4n) is 4.01. The largest absolute Gasteiger partial charge is 0.289 e. The summed E-state index contributed by atoms with van der Waals surface area (Å²) in [5.74, 6) is 0.0752. The highest BCUT2D eigenvalue weighted by molar-refractivity contribution is 6.09. The molecule has 34 heavy (non-hydrogen) atoms. The van der Waals surface area contributed by atoms with Crippen molar-refractivity contribution < 1.29 is 4.79 Å². The van der Waals surface area contributed by atoms with Gasteiger partial charge in [0.2, 0.25) is 0 Å². The molecular weight excluding hydrogens is 416 g/mol. The van der Waals surface area contributed by atoms with Gasteiger partial charge in [-0.15, -0.1) is 0 Å². The lowest BCUT2D eigenvalue weighted by Gasteiger charge is -2.07. The zero-order valence-electron chi connectivity index (χ0n) is 19.2. The van der Waals surface area contributed by atoms with Crippen molar-refractivity contribution in [1.82, 2.24) is 9.97 Å². The normalized spacial score (nSPS) is 10.8. The summed E-state index contributed by atoms with van der Waals surface area (Å²) in [4.78, 5) is 21.5. The van der Waals surface area contributed by atoms with Gasteiger partial charge in [-0.3, -0.25) is 4.79 Å². The predicted molar refractivity (Wildman–Crippen MR) is 140 cm³/mol. The molecule has 0 saturated carbocycles. The third kappa shape index (κ3) is 4.28. The zero-order chi connectivity index (χ0) is 23.5. The average molecular weight is 441 g/mol. The van der Waals surface area contributed by atoms with Crippen molar-refractivity contribution >= 4 is 38.6 Å². The molecule has 1 heterocycles. The van der Waals surface area contributed by atoms with Crippen molar-refractivity contribution in [3.05, 3.63) is 131 Å². The van der Waals surface area contributed by atoms with Gasteiger partial charge in [-0.25, -0.2) is 9.97 Å². The van der Waals surface area contributed by atoms with E-state index in [2.05, 4.69) is 56.3 Å². The second kappa shape index (κ2) is 9.24. The molecule has 0 aliphatic heterocycles. The molecule has 6 aromatic rings. The maximum Gasteiger partial charge on any atom is 0.193 e. The first-order valence-corrected chi connectivity index (χ1v) is 11.3. The monoisotopic (exact) mass is 440 g/mol. The molecule has 6 rings (SSSR count). The summed E-state index contributed by atoms with van der Waals surface area (Å²) >= 11 is 0. The molecule has 0 fully saturated rings. The summed E-state index contributed by atoms with van der Waals surface area (Å²) in [5, 5.41) is 2.37. The molecule has 0 amide bonds. The van der Waals surface area contributed by atoms with Crippen LogP contribution in [0, 0.1) is 13.8 Å². The maximum atomic E-state index is 11.8. The van der Waals surface area contributed by atoms with Crippen LogP contribution in [0.2, 0.25) is 0 Å². The molecule has 0 aliphatic carbocycles. The van der Waals surface area contributed by atoms with Crippen molar-refractivity contribution in [3.8, 4) is 0 Å². The molecule has 0 radical (unpaired) electrons. The number of aromatic nitrogens is 2. The summed E-state index contributed by atoms with van der Waals surface area (Å²) < 4.78 is 0. The first kappa shape index (κ1) is 21.5. The Balaban J connectivity index is 0.000000152. The summed E-state index contributed by atoms with van der Waals surface area (Å²) in [6.07, 6.45) is 0. The van der Waals surface area contributed by atoms with E-state index < -0.39 is 0 Å². The van der Waals surface area contributed by atoms with Gasteiger partial charge in [0.25, 0.3) is 0 Å². The molecule has 0 bridgehead atoms. The van der Waals surface area contributed by atoms with Crippen molar-refractivity contribution in [2.75, 3.05) is 0 Å². The standard InChI is InChI=1S/C18H14N2.C13H10O/c1-11-9-16-17(10-12(11)2)20-18-14-6-4-3-5-13(14)7-8-15(18)19-16;14-13(11-7-3-1-4-8-11)12-9-5-2-6-10-12/h3-10H,1-2H3;1-10H. The van der Waals surface area contributed by atoms with Gasteiger partial charge in [0.15, 0.2) is 5.78 Å². The molecule has 164 valence electrons. The smallest absolute Gasteiger partial charge is 0.193 e. The van der Waals surface area contributed by atoms with Gasteiger partial charge in [0, 0.05) is 16.5 Å². The fraction of sp³-hybridized carbons (Fsp3) is 0.0645. The van der Waals surface area contributed by atoms with E-state index in [0.29, 0.717) is 0 Å². The summed E-state index contributed by atoms with van der Waals surface area (Å²) in [5.41, 5.74) is 7.86. The van der Waals surface area contributed by atoms with Crippen LogP contribution in [0.15, 0.2) is 109 Å². The first-order valence-electron chi connectivity index (χ1n) is 11.3. The Morgan fingerprint density at radius 1 is 0.559 bits per heavy atom. The van der Waals surface area contributed by atoms with Gasteiger partial charge < -0.3 is 0 Å². The highest BCUT2D eigenvalue weighted by atomic mass is 16.1. The number of ketones is 1. The van der Waals surface area contributed by atoms with Crippen molar-refractivity contribution in [3.63, 3.8) is 0 Å². The topological polar surface area (TPSA) is 42.9 Å². The molecule has 5 aromatic carbocycles. The van der Waals surface area contributed by atoms with Gasteiger partial charge in [-0.2, -0.15) is 0 Å². The fourth-order valence-corrected chi connectivity index (χ4v) is 4.01. The van der Waals surface area contributed by atoms with Gasteiger partial charge in [0.05, 0.1) is 22.1 Å². The van der Waals surface area contributed by atoms with E-state index in [0.717, 1.165) is 38.6 Å². The van der Waals surface area contributed by atoms with Gasteiger partial charge in [-0.05, 0) is 48.6 Å². The second-order valence-electron chi connectivity index (χ2n) is 8.36.